The van der Waals surface area contributed by atoms with Crippen molar-refractivity contribution in [3.05, 3.63) is 23.1 Å². The van der Waals surface area contributed by atoms with Crippen LogP contribution in [0, 0.1) is 5.92 Å². The maximum Gasteiger partial charge on any atom is 0.160 e. The van der Waals surface area contributed by atoms with Gasteiger partial charge >= 0.3 is 0 Å². The van der Waals surface area contributed by atoms with Gasteiger partial charge in [0, 0.05) is 19.2 Å². The van der Waals surface area contributed by atoms with Crippen LogP contribution < -0.4 is 5.32 Å². The van der Waals surface area contributed by atoms with E-state index in [-0.39, 0.29) is 0 Å². The molecule has 1 saturated heterocycles. The van der Waals surface area contributed by atoms with Gasteiger partial charge in [0.25, 0.3) is 0 Å². The van der Waals surface area contributed by atoms with Gasteiger partial charge in [-0.15, -0.1) is 0 Å². The molecular formula is C15H21ClN4. The molecule has 1 aliphatic rings. The molecule has 1 fully saturated rings. The Bertz CT molecular complexity index is 587. The van der Waals surface area contributed by atoms with Crippen LogP contribution in [0.2, 0.25) is 5.02 Å². The molecule has 20 heavy (non-hydrogen) atoms. The summed E-state index contributed by atoms with van der Waals surface area (Å²) in [5.74, 6) is 1.82. The van der Waals surface area contributed by atoms with E-state index in [9.17, 15) is 0 Å². The predicted octanol–water partition coefficient (Wildman–Crippen LogP) is 3.04. The Kier molecular flexibility index (Phi) is 4.22. The summed E-state index contributed by atoms with van der Waals surface area (Å²) in [6, 6.07) is 1.92. The van der Waals surface area contributed by atoms with Crippen molar-refractivity contribution in [2.75, 3.05) is 13.1 Å². The fourth-order valence-electron chi connectivity index (χ4n) is 2.98. The second-order valence-corrected chi connectivity index (χ2v) is 6.03. The molecule has 1 aliphatic heterocycles. The summed E-state index contributed by atoms with van der Waals surface area (Å²) >= 11 is 6.03. The number of aryl methyl sites for hydroxylation is 1. The monoisotopic (exact) mass is 292 g/mol. The summed E-state index contributed by atoms with van der Waals surface area (Å²) in [6.07, 6.45) is 6.36. The maximum absolute atomic E-state index is 6.03. The fourth-order valence-corrected chi connectivity index (χ4v) is 3.13. The molecule has 0 aromatic carbocycles. The zero-order valence-electron chi connectivity index (χ0n) is 11.9. The van der Waals surface area contributed by atoms with E-state index in [2.05, 4.69) is 21.8 Å². The Balaban J connectivity index is 1.95. The van der Waals surface area contributed by atoms with Crippen molar-refractivity contribution in [1.82, 2.24) is 19.9 Å². The van der Waals surface area contributed by atoms with Gasteiger partial charge in [-0.1, -0.05) is 18.5 Å². The summed E-state index contributed by atoms with van der Waals surface area (Å²) < 4.78 is 2.30. The SMILES string of the molecule is CCCc1nc2cc(Cl)cnc2n1CC1CCCNC1. The number of hydrogen-bond donors (Lipinski definition) is 1. The largest absolute Gasteiger partial charge is 0.316 e. The van der Waals surface area contributed by atoms with E-state index >= 15 is 0 Å². The van der Waals surface area contributed by atoms with Crippen molar-refractivity contribution in [3.8, 4) is 0 Å². The topological polar surface area (TPSA) is 42.7 Å². The van der Waals surface area contributed by atoms with E-state index in [4.69, 9.17) is 16.6 Å². The van der Waals surface area contributed by atoms with Crippen LogP contribution in [0.15, 0.2) is 12.3 Å². The molecule has 2 aromatic heterocycles. The number of hydrogen-bond acceptors (Lipinski definition) is 3. The van der Waals surface area contributed by atoms with E-state index < -0.39 is 0 Å². The second kappa shape index (κ2) is 6.10. The predicted molar refractivity (Wildman–Crippen MR) is 82.1 cm³/mol. The number of rotatable bonds is 4. The third kappa shape index (κ3) is 2.81. The summed E-state index contributed by atoms with van der Waals surface area (Å²) in [7, 11) is 0. The van der Waals surface area contributed by atoms with Gasteiger partial charge in [-0.05, 0) is 44.3 Å². The van der Waals surface area contributed by atoms with E-state index in [0.717, 1.165) is 49.5 Å². The second-order valence-electron chi connectivity index (χ2n) is 5.60. The van der Waals surface area contributed by atoms with Gasteiger partial charge in [0.05, 0.1) is 5.02 Å². The van der Waals surface area contributed by atoms with Gasteiger partial charge in [0.1, 0.15) is 11.3 Å². The zero-order valence-corrected chi connectivity index (χ0v) is 12.7. The lowest BCUT2D eigenvalue weighted by Gasteiger charge is -2.24. The van der Waals surface area contributed by atoms with Crippen molar-refractivity contribution in [2.45, 2.75) is 39.2 Å². The number of imidazole rings is 1. The first-order chi connectivity index (χ1) is 9.78. The van der Waals surface area contributed by atoms with E-state index in [1.807, 2.05) is 6.07 Å². The Morgan fingerprint density at radius 1 is 1.50 bits per heavy atom. The first-order valence-electron chi connectivity index (χ1n) is 7.49. The number of aromatic nitrogens is 3. The van der Waals surface area contributed by atoms with Crippen LogP contribution in [-0.4, -0.2) is 27.6 Å². The lowest BCUT2D eigenvalue weighted by atomic mass is 9.99. The summed E-state index contributed by atoms with van der Waals surface area (Å²) in [5, 5.41) is 4.14. The smallest absolute Gasteiger partial charge is 0.160 e. The third-order valence-electron chi connectivity index (χ3n) is 3.94. The van der Waals surface area contributed by atoms with Crippen molar-refractivity contribution >= 4 is 22.8 Å². The van der Waals surface area contributed by atoms with Gasteiger partial charge in [-0.25, -0.2) is 9.97 Å². The highest BCUT2D eigenvalue weighted by Gasteiger charge is 2.18. The molecule has 0 bridgehead atoms. The highest BCUT2D eigenvalue weighted by atomic mass is 35.5. The first-order valence-corrected chi connectivity index (χ1v) is 7.87. The quantitative estimate of drug-likeness (QED) is 0.942. The van der Waals surface area contributed by atoms with Crippen LogP contribution in [0.1, 0.15) is 32.0 Å². The molecule has 2 aromatic rings. The van der Waals surface area contributed by atoms with Crippen LogP contribution in [0.4, 0.5) is 0 Å². The highest BCUT2D eigenvalue weighted by Crippen LogP contribution is 2.22. The molecule has 1 atom stereocenters. The maximum atomic E-state index is 6.03. The van der Waals surface area contributed by atoms with Crippen LogP contribution in [0.5, 0.6) is 0 Å². The van der Waals surface area contributed by atoms with Crippen LogP contribution in [0.3, 0.4) is 0 Å². The molecule has 0 radical (unpaired) electrons. The van der Waals surface area contributed by atoms with Crippen LogP contribution in [-0.2, 0) is 13.0 Å². The zero-order chi connectivity index (χ0) is 13.9. The molecular weight excluding hydrogens is 272 g/mol. The first kappa shape index (κ1) is 13.8. The van der Waals surface area contributed by atoms with Gasteiger partial charge in [-0.2, -0.15) is 0 Å². The van der Waals surface area contributed by atoms with Crippen molar-refractivity contribution in [3.63, 3.8) is 0 Å². The van der Waals surface area contributed by atoms with E-state index in [0.29, 0.717) is 10.9 Å². The Morgan fingerprint density at radius 3 is 3.15 bits per heavy atom. The standard InChI is InChI=1S/C15H21ClN4/c1-2-4-14-19-13-7-12(16)9-18-15(13)20(14)10-11-5-3-6-17-8-11/h7,9,11,17H,2-6,8,10H2,1H3. The minimum Gasteiger partial charge on any atom is -0.316 e. The average molecular weight is 293 g/mol. The molecule has 0 spiro atoms. The number of halogens is 1. The number of piperidine rings is 1. The van der Waals surface area contributed by atoms with E-state index in [1.165, 1.54) is 12.8 Å². The van der Waals surface area contributed by atoms with Gasteiger partial charge in [0.15, 0.2) is 5.65 Å². The third-order valence-corrected chi connectivity index (χ3v) is 4.15. The number of fused-ring (bicyclic) bond motifs is 1. The lowest BCUT2D eigenvalue weighted by Crippen LogP contribution is -2.32. The Labute approximate surface area is 124 Å². The van der Waals surface area contributed by atoms with Crippen molar-refractivity contribution in [1.29, 1.82) is 0 Å². The van der Waals surface area contributed by atoms with Gasteiger partial charge in [-0.3, -0.25) is 0 Å². The van der Waals surface area contributed by atoms with E-state index in [1.54, 1.807) is 6.20 Å². The molecule has 1 N–H and O–H groups in total. The molecule has 4 nitrogen and oxygen atoms in total. The minimum atomic E-state index is 0.657. The number of pyridine rings is 1. The number of nitrogens with one attached hydrogen (secondary N) is 1. The normalized spacial score (nSPS) is 19.6. The molecule has 3 rings (SSSR count). The summed E-state index contributed by atoms with van der Waals surface area (Å²) in [6.45, 7) is 5.44. The average Bonchev–Trinajstić information content (AvgIpc) is 2.77. The lowest BCUT2D eigenvalue weighted by molar-refractivity contribution is 0.336. The highest BCUT2D eigenvalue weighted by molar-refractivity contribution is 6.31. The molecule has 108 valence electrons. The molecule has 3 heterocycles. The molecule has 0 amide bonds. The molecule has 1 unspecified atom stereocenters. The van der Waals surface area contributed by atoms with Crippen LogP contribution in [0.25, 0.3) is 11.2 Å². The van der Waals surface area contributed by atoms with Crippen LogP contribution >= 0.6 is 11.6 Å². The minimum absolute atomic E-state index is 0.657. The van der Waals surface area contributed by atoms with Gasteiger partial charge in [0.2, 0.25) is 0 Å². The Morgan fingerprint density at radius 2 is 2.40 bits per heavy atom. The molecule has 5 heteroatoms. The number of nitrogens with zero attached hydrogens (tertiary/aromatic N) is 3. The molecule has 0 saturated carbocycles. The van der Waals surface area contributed by atoms with Crippen molar-refractivity contribution < 1.29 is 0 Å². The van der Waals surface area contributed by atoms with Crippen molar-refractivity contribution in [2.24, 2.45) is 5.92 Å². The summed E-state index contributed by atoms with van der Waals surface area (Å²) in [4.78, 5) is 9.22. The fraction of sp³-hybridized carbons (Fsp3) is 0.600. The van der Waals surface area contributed by atoms with Gasteiger partial charge < -0.3 is 9.88 Å². The summed E-state index contributed by atoms with van der Waals surface area (Å²) in [5.41, 5.74) is 1.90. The Hall–Kier alpha value is -1.13. The molecule has 0 aliphatic carbocycles.